The highest BCUT2D eigenvalue weighted by Crippen LogP contribution is 2.30. The summed E-state index contributed by atoms with van der Waals surface area (Å²) in [6.45, 7) is 0.354. The second kappa shape index (κ2) is 9.80. The zero-order valence-corrected chi connectivity index (χ0v) is 17.1. The van der Waals surface area contributed by atoms with Gasteiger partial charge in [0.25, 0.3) is 0 Å². The summed E-state index contributed by atoms with van der Waals surface area (Å²) in [6.07, 6.45) is -4.44. The molecule has 0 saturated carbocycles. The van der Waals surface area contributed by atoms with Gasteiger partial charge in [0.1, 0.15) is 5.01 Å². The normalized spacial score (nSPS) is 11.7. The maximum absolute atomic E-state index is 12.5. The molecule has 0 bridgehead atoms. The molecule has 144 valence electrons. The molecular formula is C15H18F3IN4O2S. The molecule has 0 atom stereocenters. The molecule has 26 heavy (non-hydrogen) atoms. The summed E-state index contributed by atoms with van der Waals surface area (Å²) >= 11 is 0.907. The van der Waals surface area contributed by atoms with Crippen LogP contribution >= 0.6 is 35.3 Å². The van der Waals surface area contributed by atoms with Crippen molar-refractivity contribution in [2.75, 3.05) is 14.2 Å². The van der Waals surface area contributed by atoms with Crippen LogP contribution in [0.15, 0.2) is 28.6 Å². The van der Waals surface area contributed by atoms with Crippen LogP contribution in [0.2, 0.25) is 0 Å². The zero-order valence-electron chi connectivity index (χ0n) is 14.0. The van der Waals surface area contributed by atoms with Gasteiger partial charge in [0, 0.05) is 5.38 Å². The van der Waals surface area contributed by atoms with Gasteiger partial charge >= 0.3 is 6.18 Å². The van der Waals surface area contributed by atoms with E-state index in [-0.39, 0.29) is 48.0 Å². The zero-order chi connectivity index (χ0) is 18.4. The minimum atomic E-state index is -4.44. The molecule has 6 nitrogen and oxygen atoms in total. The van der Waals surface area contributed by atoms with E-state index < -0.39 is 11.9 Å². The third-order valence-corrected chi connectivity index (χ3v) is 3.99. The molecule has 2 rings (SSSR count). The molecule has 1 aromatic carbocycles. The quantitative estimate of drug-likeness (QED) is 0.360. The van der Waals surface area contributed by atoms with Crippen LogP contribution in [-0.2, 0) is 19.3 Å². The Kier molecular flexibility index (Phi) is 8.40. The number of guanidine groups is 1. The molecule has 0 amide bonds. The van der Waals surface area contributed by atoms with Crippen LogP contribution in [0, 0.1) is 0 Å². The minimum Gasteiger partial charge on any atom is -0.493 e. The summed E-state index contributed by atoms with van der Waals surface area (Å²) in [5.41, 5.74) is 5.66. The van der Waals surface area contributed by atoms with E-state index in [1.165, 1.54) is 7.11 Å². The average Bonchev–Trinajstić information content (AvgIpc) is 3.07. The number of halogens is 4. The van der Waals surface area contributed by atoms with Gasteiger partial charge in [0.15, 0.2) is 23.2 Å². The number of aliphatic imine (C=N–C) groups is 1. The lowest BCUT2D eigenvalue weighted by atomic mass is 10.2. The third kappa shape index (κ3) is 6.20. The van der Waals surface area contributed by atoms with Crippen LogP contribution in [0.1, 0.15) is 16.3 Å². The number of benzene rings is 1. The number of aromatic nitrogens is 1. The van der Waals surface area contributed by atoms with E-state index in [1.54, 1.807) is 19.2 Å². The first-order chi connectivity index (χ1) is 11.8. The molecule has 0 radical (unpaired) electrons. The van der Waals surface area contributed by atoms with Crippen molar-refractivity contribution in [2.24, 2.45) is 10.7 Å². The van der Waals surface area contributed by atoms with Crippen molar-refractivity contribution >= 4 is 41.3 Å². The topological polar surface area (TPSA) is 81.8 Å². The van der Waals surface area contributed by atoms with Gasteiger partial charge in [-0.25, -0.2) is 9.98 Å². The standard InChI is InChI=1S/C15H17F3N4O2S.HI/c1-23-10-4-3-9(5-11(10)24-2)6-20-14(19)21-7-13-22-12(8-25-13)15(16,17)18;/h3-5,8H,6-7H2,1-2H3,(H3,19,20,21);1H. The van der Waals surface area contributed by atoms with Crippen LogP contribution in [0.5, 0.6) is 11.5 Å². The van der Waals surface area contributed by atoms with Crippen LogP contribution < -0.4 is 20.5 Å². The highest BCUT2D eigenvalue weighted by molar-refractivity contribution is 14.0. The van der Waals surface area contributed by atoms with Crippen molar-refractivity contribution in [3.63, 3.8) is 0 Å². The van der Waals surface area contributed by atoms with Gasteiger partial charge in [0.2, 0.25) is 0 Å². The van der Waals surface area contributed by atoms with Gasteiger partial charge in [-0.1, -0.05) is 6.07 Å². The molecular weight excluding hydrogens is 484 g/mol. The van der Waals surface area contributed by atoms with E-state index in [0.717, 1.165) is 22.3 Å². The van der Waals surface area contributed by atoms with Crippen molar-refractivity contribution in [3.8, 4) is 11.5 Å². The van der Waals surface area contributed by atoms with Gasteiger partial charge < -0.3 is 20.5 Å². The van der Waals surface area contributed by atoms with Crippen molar-refractivity contribution < 1.29 is 22.6 Å². The summed E-state index contributed by atoms with van der Waals surface area (Å²) in [7, 11) is 3.07. The first-order valence-electron chi connectivity index (χ1n) is 7.09. The summed E-state index contributed by atoms with van der Waals surface area (Å²) in [4.78, 5) is 7.64. The highest BCUT2D eigenvalue weighted by Gasteiger charge is 2.33. The summed E-state index contributed by atoms with van der Waals surface area (Å²) in [6, 6.07) is 5.34. The van der Waals surface area contributed by atoms with Crippen molar-refractivity contribution in [1.82, 2.24) is 10.3 Å². The number of hydrogen-bond donors (Lipinski definition) is 2. The average molecular weight is 502 g/mol. The fraction of sp³-hybridized carbons (Fsp3) is 0.333. The Morgan fingerprint density at radius 2 is 1.96 bits per heavy atom. The predicted molar refractivity (Wildman–Crippen MR) is 104 cm³/mol. The lowest BCUT2D eigenvalue weighted by Crippen LogP contribution is -2.31. The molecule has 2 aromatic rings. The maximum atomic E-state index is 12.5. The fourth-order valence-corrected chi connectivity index (χ4v) is 2.64. The highest BCUT2D eigenvalue weighted by atomic mass is 127. The van der Waals surface area contributed by atoms with Gasteiger partial charge in [-0.3, -0.25) is 0 Å². The SMILES string of the molecule is COc1ccc(CN=C(N)NCc2nc(C(F)(F)F)cs2)cc1OC.I. The first kappa shape index (κ1) is 22.3. The molecule has 1 aromatic heterocycles. The van der Waals surface area contributed by atoms with E-state index in [9.17, 15) is 13.2 Å². The molecule has 0 aliphatic carbocycles. The number of nitrogens with zero attached hydrogens (tertiary/aromatic N) is 2. The van der Waals surface area contributed by atoms with Crippen LogP contribution in [-0.4, -0.2) is 25.2 Å². The predicted octanol–water partition coefficient (Wildman–Crippen LogP) is 3.40. The number of methoxy groups -OCH3 is 2. The second-order valence-electron chi connectivity index (χ2n) is 4.87. The third-order valence-electron chi connectivity index (χ3n) is 3.14. The van der Waals surface area contributed by atoms with Crippen LogP contribution in [0.3, 0.4) is 0 Å². The number of hydrogen-bond acceptors (Lipinski definition) is 5. The van der Waals surface area contributed by atoms with Gasteiger partial charge in [-0.15, -0.1) is 35.3 Å². The number of ether oxygens (including phenoxy) is 2. The summed E-state index contributed by atoms with van der Waals surface area (Å²) in [5, 5.41) is 3.98. The Morgan fingerprint density at radius 1 is 1.27 bits per heavy atom. The van der Waals surface area contributed by atoms with E-state index in [1.807, 2.05) is 6.07 Å². The Morgan fingerprint density at radius 3 is 2.54 bits per heavy atom. The summed E-state index contributed by atoms with van der Waals surface area (Å²) < 4.78 is 47.8. The Hall–Kier alpha value is -1.76. The second-order valence-corrected chi connectivity index (χ2v) is 5.81. The van der Waals surface area contributed by atoms with Gasteiger partial charge in [-0.2, -0.15) is 13.2 Å². The minimum absolute atomic E-state index is 0. The van der Waals surface area contributed by atoms with E-state index in [4.69, 9.17) is 15.2 Å². The lowest BCUT2D eigenvalue weighted by Gasteiger charge is -2.09. The maximum Gasteiger partial charge on any atom is 0.434 e. The van der Waals surface area contributed by atoms with Crippen molar-refractivity contribution in [2.45, 2.75) is 19.3 Å². The summed E-state index contributed by atoms with van der Waals surface area (Å²) in [5.74, 6) is 1.29. The molecule has 0 fully saturated rings. The molecule has 3 N–H and O–H groups in total. The van der Waals surface area contributed by atoms with Gasteiger partial charge in [-0.05, 0) is 17.7 Å². The largest absolute Gasteiger partial charge is 0.493 e. The molecule has 11 heteroatoms. The van der Waals surface area contributed by atoms with Gasteiger partial charge in [0.05, 0.1) is 27.3 Å². The number of nitrogens with two attached hydrogens (primary N) is 1. The van der Waals surface area contributed by atoms with Crippen LogP contribution in [0.4, 0.5) is 13.2 Å². The monoisotopic (exact) mass is 502 g/mol. The fourth-order valence-electron chi connectivity index (χ4n) is 1.90. The van der Waals surface area contributed by atoms with E-state index in [2.05, 4.69) is 15.3 Å². The Balaban J connectivity index is 0.00000338. The number of thiazole rings is 1. The number of rotatable bonds is 6. The number of nitrogens with one attached hydrogen (secondary N) is 1. The van der Waals surface area contributed by atoms with Crippen LogP contribution in [0.25, 0.3) is 0 Å². The van der Waals surface area contributed by atoms with E-state index in [0.29, 0.717) is 11.5 Å². The lowest BCUT2D eigenvalue weighted by molar-refractivity contribution is -0.140. The number of alkyl halides is 3. The van der Waals surface area contributed by atoms with Crippen molar-refractivity contribution in [3.05, 3.63) is 39.8 Å². The molecule has 0 aliphatic rings. The smallest absolute Gasteiger partial charge is 0.434 e. The van der Waals surface area contributed by atoms with E-state index >= 15 is 0 Å². The molecule has 0 spiro atoms. The molecule has 0 unspecified atom stereocenters. The molecule has 0 aliphatic heterocycles. The van der Waals surface area contributed by atoms with Crippen molar-refractivity contribution in [1.29, 1.82) is 0 Å². The molecule has 1 heterocycles. The molecule has 0 saturated heterocycles. The Labute approximate surface area is 169 Å². The first-order valence-corrected chi connectivity index (χ1v) is 7.97. The Bertz CT molecular complexity index is 753.